The lowest BCUT2D eigenvalue weighted by molar-refractivity contribution is 0.0638. The van der Waals surface area contributed by atoms with E-state index in [-0.39, 0.29) is 12.5 Å². The summed E-state index contributed by atoms with van der Waals surface area (Å²) in [6, 6.07) is 0.515. The minimum Gasteiger partial charge on any atom is -0.396 e. The van der Waals surface area contributed by atoms with Crippen LogP contribution in [0.3, 0.4) is 0 Å². The Labute approximate surface area is 156 Å². The Morgan fingerprint density at radius 1 is 1.15 bits per heavy atom. The maximum absolute atomic E-state index is 12.9. The van der Waals surface area contributed by atoms with Gasteiger partial charge in [0.2, 0.25) is 5.82 Å². The van der Waals surface area contributed by atoms with Crippen molar-refractivity contribution in [1.82, 2.24) is 19.8 Å². The molecule has 3 heterocycles. The van der Waals surface area contributed by atoms with E-state index in [2.05, 4.69) is 33.9 Å². The molecule has 0 unspecified atom stereocenters. The van der Waals surface area contributed by atoms with Crippen molar-refractivity contribution in [1.29, 1.82) is 0 Å². The maximum Gasteiger partial charge on any atom is 0.291 e. The van der Waals surface area contributed by atoms with Gasteiger partial charge in [0.05, 0.1) is 0 Å². The van der Waals surface area contributed by atoms with Crippen LogP contribution in [0.1, 0.15) is 41.1 Å². The smallest absolute Gasteiger partial charge is 0.291 e. The van der Waals surface area contributed by atoms with Gasteiger partial charge >= 0.3 is 0 Å². The average molecular weight is 361 g/mol. The topological polar surface area (TPSA) is 72.8 Å². The van der Waals surface area contributed by atoms with Crippen molar-refractivity contribution in [3.63, 3.8) is 0 Å². The second kappa shape index (κ2) is 7.88. The molecule has 2 saturated heterocycles. The third-order valence-electron chi connectivity index (χ3n) is 5.91. The molecule has 1 aromatic heterocycles. The first-order valence-electron chi connectivity index (χ1n) is 9.57. The van der Waals surface area contributed by atoms with E-state index >= 15 is 0 Å². The molecule has 1 amide bonds. The normalized spacial score (nSPS) is 21.7. The Morgan fingerprint density at radius 2 is 1.85 bits per heavy atom. The fourth-order valence-corrected chi connectivity index (χ4v) is 3.83. The number of carbonyl (C=O) groups excluding carboxylic acids is 1. The number of aryl methyl sites for hydroxylation is 1. The SMILES string of the molecule is Cc1nc(C(=O)N2CCC(CO)CC2)nc(N2CC[C@@H](N(C)C)C2)c1C. The summed E-state index contributed by atoms with van der Waals surface area (Å²) in [4.78, 5) is 28.4. The monoisotopic (exact) mass is 361 g/mol. The summed E-state index contributed by atoms with van der Waals surface area (Å²) in [6.45, 7) is 7.41. The van der Waals surface area contributed by atoms with Gasteiger partial charge in [-0.25, -0.2) is 9.97 Å². The van der Waals surface area contributed by atoms with E-state index in [9.17, 15) is 9.90 Å². The van der Waals surface area contributed by atoms with Crippen molar-refractivity contribution in [2.75, 3.05) is 51.8 Å². The van der Waals surface area contributed by atoms with Crippen LogP contribution in [0.4, 0.5) is 5.82 Å². The Morgan fingerprint density at radius 3 is 2.42 bits per heavy atom. The lowest BCUT2D eigenvalue weighted by atomic mass is 9.98. The number of hydrogen-bond acceptors (Lipinski definition) is 6. The number of anilines is 1. The molecule has 2 aliphatic rings. The molecule has 2 fully saturated rings. The van der Waals surface area contributed by atoms with Gasteiger partial charge in [-0.05, 0) is 53.1 Å². The number of amides is 1. The first kappa shape index (κ1) is 19.0. The van der Waals surface area contributed by atoms with Crippen molar-refractivity contribution in [2.24, 2.45) is 5.92 Å². The van der Waals surface area contributed by atoms with Crippen LogP contribution < -0.4 is 4.90 Å². The van der Waals surface area contributed by atoms with E-state index in [1.807, 2.05) is 18.7 Å². The summed E-state index contributed by atoms with van der Waals surface area (Å²) in [7, 11) is 4.22. The molecule has 1 N–H and O–H groups in total. The summed E-state index contributed by atoms with van der Waals surface area (Å²) in [6.07, 6.45) is 2.79. The van der Waals surface area contributed by atoms with E-state index in [0.717, 1.165) is 49.4 Å². The zero-order valence-electron chi connectivity index (χ0n) is 16.4. The second-order valence-electron chi connectivity index (χ2n) is 7.85. The Kier molecular flexibility index (Phi) is 5.77. The largest absolute Gasteiger partial charge is 0.396 e. The minimum atomic E-state index is -0.0888. The van der Waals surface area contributed by atoms with Gasteiger partial charge in [-0.1, -0.05) is 0 Å². The molecule has 7 heteroatoms. The lowest BCUT2D eigenvalue weighted by Crippen LogP contribution is -2.40. The van der Waals surface area contributed by atoms with Crippen LogP contribution in [-0.2, 0) is 0 Å². The summed E-state index contributed by atoms with van der Waals surface area (Å²) >= 11 is 0. The molecule has 3 rings (SSSR count). The molecule has 0 spiro atoms. The average Bonchev–Trinajstić information content (AvgIpc) is 3.13. The number of likely N-dealkylation sites (N-methyl/N-ethyl adjacent to an activating group) is 1. The highest BCUT2D eigenvalue weighted by atomic mass is 16.3. The fourth-order valence-electron chi connectivity index (χ4n) is 3.83. The molecule has 0 radical (unpaired) electrons. The molecular formula is C19H31N5O2. The highest BCUT2D eigenvalue weighted by molar-refractivity contribution is 5.91. The molecule has 144 valence electrons. The Hall–Kier alpha value is -1.73. The Bertz CT molecular complexity index is 656. The van der Waals surface area contributed by atoms with E-state index in [4.69, 9.17) is 0 Å². The highest BCUT2D eigenvalue weighted by Crippen LogP contribution is 2.26. The van der Waals surface area contributed by atoms with Crippen LogP contribution >= 0.6 is 0 Å². The summed E-state index contributed by atoms with van der Waals surface area (Å²) in [5.41, 5.74) is 1.93. The first-order chi connectivity index (χ1) is 12.4. The van der Waals surface area contributed by atoms with Crippen molar-refractivity contribution < 1.29 is 9.90 Å². The van der Waals surface area contributed by atoms with Gasteiger partial charge in [0.15, 0.2) is 0 Å². The summed E-state index contributed by atoms with van der Waals surface area (Å²) < 4.78 is 0. The predicted octanol–water partition coefficient (Wildman–Crippen LogP) is 1.08. The number of aliphatic hydroxyl groups is 1. The van der Waals surface area contributed by atoms with E-state index < -0.39 is 0 Å². The van der Waals surface area contributed by atoms with Gasteiger partial charge in [0.25, 0.3) is 5.91 Å². The van der Waals surface area contributed by atoms with Gasteiger partial charge in [-0.15, -0.1) is 0 Å². The quantitative estimate of drug-likeness (QED) is 0.865. The van der Waals surface area contributed by atoms with E-state index in [0.29, 0.717) is 30.9 Å². The minimum absolute atomic E-state index is 0.0888. The molecule has 0 aliphatic carbocycles. The number of likely N-dealkylation sites (tertiary alicyclic amines) is 1. The van der Waals surface area contributed by atoms with Gasteiger partial charge in [-0.2, -0.15) is 0 Å². The number of aliphatic hydroxyl groups excluding tert-OH is 1. The van der Waals surface area contributed by atoms with Crippen LogP contribution in [0.5, 0.6) is 0 Å². The summed E-state index contributed by atoms with van der Waals surface area (Å²) in [5.74, 6) is 1.42. The molecular weight excluding hydrogens is 330 g/mol. The molecule has 2 aliphatic heterocycles. The van der Waals surface area contributed by atoms with Gasteiger partial charge in [-0.3, -0.25) is 4.79 Å². The number of rotatable bonds is 4. The van der Waals surface area contributed by atoms with Crippen molar-refractivity contribution >= 4 is 11.7 Å². The van der Waals surface area contributed by atoms with Gasteiger partial charge in [0.1, 0.15) is 5.82 Å². The van der Waals surface area contributed by atoms with Gasteiger partial charge < -0.3 is 19.8 Å². The van der Waals surface area contributed by atoms with Crippen molar-refractivity contribution in [3.05, 3.63) is 17.1 Å². The predicted molar refractivity (Wildman–Crippen MR) is 102 cm³/mol. The molecule has 1 atom stereocenters. The van der Waals surface area contributed by atoms with Crippen LogP contribution in [0.2, 0.25) is 0 Å². The first-order valence-corrected chi connectivity index (χ1v) is 9.57. The standard InChI is InChI=1S/C19H31N5O2/c1-13-14(2)20-17(19(26)23-8-5-15(12-25)6-9-23)21-18(13)24-10-7-16(11-24)22(3)4/h15-16,25H,5-12H2,1-4H3/t16-/m1/s1. The number of piperidine rings is 1. The summed E-state index contributed by atoms with van der Waals surface area (Å²) in [5, 5.41) is 9.28. The molecule has 0 aromatic carbocycles. The molecule has 0 bridgehead atoms. The van der Waals surface area contributed by atoms with E-state index in [1.165, 1.54) is 0 Å². The molecule has 1 aromatic rings. The van der Waals surface area contributed by atoms with Crippen LogP contribution in [0.15, 0.2) is 0 Å². The number of aromatic nitrogens is 2. The molecule has 26 heavy (non-hydrogen) atoms. The lowest BCUT2D eigenvalue weighted by Gasteiger charge is -2.31. The third kappa shape index (κ3) is 3.83. The van der Waals surface area contributed by atoms with Crippen molar-refractivity contribution in [2.45, 2.75) is 39.2 Å². The van der Waals surface area contributed by atoms with Gasteiger partial charge in [0, 0.05) is 50.1 Å². The molecule has 7 nitrogen and oxygen atoms in total. The number of hydrogen-bond donors (Lipinski definition) is 1. The van der Waals surface area contributed by atoms with Crippen molar-refractivity contribution in [3.8, 4) is 0 Å². The zero-order chi connectivity index (χ0) is 18.8. The Balaban J connectivity index is 1.79. The third-order valence-corrected chi connectivity index (χ3v) is 5.91. The van der Waals surface area contributed by atoms with Crippen LogP contribution in [-0.4, -0.2) is 83.7 Å². The molecule has 0 saturated carbocycles. The van der Waals surface area contributed by atoms with Crippen LogP contribution in [0.25, 0.3) is 0 Å². The maximum atomic E-state index is 12.9. The van der Waals surface area contributed by atoms with E-state index in [1.54, 1.807) is 0 Å². The highest BCUT2D eigenvalue weighted by Gasteiger charge is 2.29. The fraction of sp³-hybridized carbons (Fsp3) is 0.737. The van der Waals surface area contributed by atoms with Crippen LogP contribution in [0, 0.1) is 19.8 Å². The number of carbonyl (C=O) groups is 1. The zero-order valence-corrected chi connectivity index (χ0v) is 16.4. The number of nitrogens with zero attached hydrogens (tertiary/aromatic N) is 5. The second-order valence-corrected chi connectivity index (χ2v) is 7.85.